The van der Waals surface area contributed by atoms with Crippen molar-refractivity contribution in [1.82, 2.24) is 5.32 Å². The van der Waals surface area contributed by atoms with Crippen molar-refractivity contribution in [3.63, 3.8) is 0 Å². The van der Waals surface area contributed by atoms with Crippen LogP contribution in [0.15, 0.2) is 12.1 Å². The van der Waals surface area contributed by atoms with Crippen molar-refractivity contribution in [2.45, 2.75) is 24.8 Å². The number of hydrogen-bond donors (Lipinski definition) is 2. The molecule has 2 aliphatic rings. The highest BCUT2D eigenvalue weighted by atomic mass is 35.5. The molecule has 1 saturated heterocycles. The van der Waals surface area contributed by atoms with E-state index in [9.17, 15) is 0 Å². The number of halogens is 2. The Labute approximate surface area is 105 Å². The molecule has 16 heavy (non-hydrogen) atoms. The summed E-state index contributed by atoms with van der Waals surface area (Å²) in [6.45, 7) is 4.33. The van der Waals surface area contributed by atoms with Crippen molar-refractivity contribution >= 4 is 28.9 Å². The highest BCUT2D eigenvalue weighted by Gasteiger charge is 2.46. The van der Waals surface area contributed by atoms with Crippen LogP contribution in [-0.2, 0) is 5.41 Å². The lowest BCUT2D eigenvalue weighted by Gasteiger charge is -2.28. The van der Waals surface area contributed by atoms with Gasteiger partial charge in [-0.1, -0.05) is 23.2 Å². The first-order chi connectivity index (χ1) is 7.63. The van der Waals surface area contributed by atoms with Crippen LogP contribution in [0.1, 0.15) is 18.9 Å². The Morgan fingerprint density at radius 1 is 1.31 bits per heavy atom. The minimum Gasteiger partial charge on any atom is -0.381 e. The van der Waals surface area contributed by atoms with Gasteiger partial charge in [0.1, 0.15) is 0 Å². The van der Waals surface area contributed by atoms with Gasteiger partial charge >= 0.3 is 0 Å². The summed E-state index contributed by atoms with van der Waals surface area (Å²) in [6, 6.07) is 4.41. The van der Waals surface area contributed by atoms with Crippen LogP contribution in [-0.4, -0.2) is 19.1 Å². The first-order valence-electron chi connectivity index (χ1n) is 5.60. The van der Waals surface area contributed by atoms with Crippen LogP contribution < -0.4 is 10.6 Å². The van der Waals surface area contributed by atoms with E-state index in [1.807, 2.05) is 12.1 Å². The predicted octanol–water partition coefficient (Wildman–Crippen LogP) is 3.04. The van der Waals surface area contributed by atoms with Crippen molar-refractivity contribution in [3.05, 3.63) is 27.7 Å². The van der Waals surface area contributed by atoms with Gasteiger partial charge in [-0.25, -0.2) is 0 Å². The molecule has 1 aromatic carbocycles. The lowest BCUT2D eigenvalue weighted by Crippen LogP contribution is -2.38. The first-order valence-corrected chi connectivity index (χ1v) is 6.36. The Morgan fingerprint density at radius 2 is 2.06 bits per heavy atom. The standard InChI is InChI=1S/C12H14Cl2N2/c1-7-12(2-3-15-6-12)8-4-9(13)10(14)5-11(8)16-7/h4-5,7,15-16H,2-3,6H2,1H3. The molecule has 86 valence electrons. The van der Waals surface area contributed by atoms with Crippen molar-refractivity contribution in [2.24, 2.45) is 0 Å². The topological polar surface area (TPSA) is 24.1 Å². The summed E-state index contributed by atoms with van der Waals surface area (Å²) in [5.74, 6) is 0. The molecular weight excluding hydrogens is 243 g/mol. The molecule has 0 saturated carbocycles. The average molecular weight is 257 g/mol. The fraction of sp³-hybridized carbons (Fsp3) is 0.500. The summed E-state index contributed by atoms with van der Waals surface area (Å²) in [5, 5.41) is 8.24. The molecule has 0 radical (unpaired) electrons. The van der Waals surface area contributed by atoms with Gasteiger partial charge in [-0.2, -0.15) is 0 Å². The lowest BCUT2D eigenvalue weighted by molar-refractivity contribution is 0.438. The number of benzene rings is 1. The molecular formula is C12H14Cl2N2. The molecule has 2 unspecified atom stereocenters. The van der Waals surface area contributed by atoms with E-state index in [4.69, 9.17) is 23.2 Å². The highest BCUT2D eigenvalue weighted by molar-refractivity contribution is 6.42. The summed E-state index contributed by atoms with van der Waals surface area (Å²) < 4.78 is 0. The number of fused-ring (bicyclic) bond motifs is 2. The molecule has 2 nitrogen and oxygen atoms in total. The number of hydrogen-bond acceptors (Lipinski definition) is 2. The molecule has 0 bridgehead atoms. The van der Waals surface area contributed by atoms with Crippen LogP contribution in [0.3, 0.4) is 0 Å². The van der Waals surface area contributed by atoms with Crippen LogP contribution in [0.5, 0.6) is 0 Å². The smallest absolute Gasteiger partial charge is 0.0613 e. The molecule has 0 aliphatic carbocycles. The summed E-state index contributed by atoms with van der Waals surface area (Å²) in [5.41, 5.74) is 2.66. The molecule has 0 amide bonds. The fourth-order valence-electron chi connectivity index (χ4n) is 2.99. The monoisotopic (exact) mass is 256 g/mol. The van der Waals surface area contributed by atoms with Gasteiger partial charge in [-0.05, 0) is 37.6 Å². The number of rotatable bonds is 0. The van der Waals surface area contributed by atoms with Crippen molar-refractivity contribution in [2.75, 3.05) is 18.4 Å². The van der Waals surface area contributed by atoms with E-state index >= 15 is 0 Å². The van der Waals surface area contributed by atoms with Crippen LogP contribution in [0, 0.1) is 0 Å². The third-order valence-electron chi connectivity index (χ3n) is 3.99. The van der Waals surface area contributed by atoms with E-state index in [1.165, 1.54) is 5.56 Å². The van der Waals surface area contributed by atoms with Crippen LogP contribution in [0.4, 0.5) is 5.69 Å². The first kappa shape index (κ1) is 10.7. The van der Waals surface area contributed by atoms with Gasteiger partial charge in [0.2, 0.25) is 0 Å². The van der Waals surface area contributed by atoms with Gasteiger partial charge in [0.15, 0.2) is 0 Å². The average Bonchev–Trinajstić information content (AvgIpc) is 2.80. The minimum absolute atomic E-state index is 0.198. The second-order valence-electron chi connectivity index (χ2n) is 4.76. The quantitative estimate of drug-likeness (QED) is 0.746. The van der Waals surface area contributed by atoms with E-state index in [1.54, 1.807) is 0 Å². The molecule has 1 aromatic rings. The lowest BCUT2D eigenvalue weighted by atomic mass is 9.77. The summed E-state index contributed by atoms with van der Waals surface area (Å²) >= 11 is 12.2. The third kappa shape index (κ3) is 1.30. The van der Waals surface area contributed by atoms with Gasteiger partial charge < -0.3 is 10.6 Å². The molecule has 2 heterocycles. The maximum Gasteiger partial charge on any atom is 0.0613 e. The number of anilines is 1. The summed E-state index contributed by atoms with van der Waals surface area (Å²) in [6.07, 6.45) is 1.16. The van der Waals surface area contributed by atoms with E-state index in [0.717, 1.165) is 25.2 Å². The Morgan fingerprint density at radius 3 is 2.75 bits per heavy atom. The molecule has 1 fully saturated rings. The van der Waals surface area contributed by atoms with Gasteiger partial charge in [0, 0.05) is 23.7 Å². The molecule has 2 N–H and O–H groups in total. The van der Waals surface area contributed by atoms with Crippen LogP contribution in [0.2, 0.25) is 10.0 Å². The third-order valence-corrected chi connectivity index (χ3v) is 4.71. The second kappa shape index (κ2) is 3.52. The van der Waals surface area contributed by atoms with Gasteiger partial charge in [0.25, 0.3) is 0 Å². The Bertz CT molecular complexity index is 439. The number of nitrogens with one attached hydrogen (secondary N) is 2. The Kier molecular flexibility index (Phi) is 2.36. The molecule has 1 spiro atoms. The van der Waals surface area contributed by atoms with Crippen LogP contribution in [0.25, 0.3) is 0 Å². The predicted molar refractivity (Wildman–Crippen MR) is 68.7 cm³/mol. The van der Waals surface area contributed by atoms with Crippen molar-refractivity contribution in [1.29, 1.82) is 0 Å². The van der Waals surface area contributed by atoms with E-state index in [0.29, 0.717) is 16.1 Å². The van der Waals surface area contributed by atoms with Crippen LogP contribution >= 0.6 is 23.2 Å². The maximum atomic E-state index is 6.12. The highest BCUT2D eigenvalue weighted by Crippen LogP contribution is 2.47. The molecule has 2 aliphatic heterocycles. The fourth-order valence-corrected chi connectivity index (χ4v) is 3.32. The largest absolute Gasteiger partial charge is 0.381 e. The summed E-state index contributed by atoms with van der Waals surface area (Å²) in [7, 11) is 0. The molecule has 3 rings (SSSR count). The second-order valence-corrected chi connectivity index (χ2v) is 5.58. The van der Waals surface area contributed by atoms with Crippen molar-refractivity contribution in [3.8, 4) is 0 Å². The zero-order valence-corrected chi connectivity index (χ0v) is 10.6. The molecule has 4 heteroatoms. The van der Waals surface area contributed by atoms with Gasteiger partial charge in [-0.3, -0.25) is 0 Å². The van der Waals surface area contributed by atoms with Gasteiger partial charge in [0.05, 0.1) is 10.0 Å². The van der Waals surface area contributed by atoms with E-state index in [-0.39, 0.29) is 5.41 Å². The Hall–Kier alpha value is -0.440. The minimum atomic E-state index is 0.198. The normalized spacial score (nSPS) is 31.8. The Balaban J connectivity index is 2.16. The van der Waals surface area contributed by atoms with Crippen molar-refractivity contribution < 1.29 is 0 Å². The van der Waals surface area contributed by atoms with E-state index in [2.05, 4.69) is 17.6 Å². The molecule has 0 aromatic heterocycles. The SMILES string of the molecule is CC1Nc2cc(Cl)c(Cl)cc2C12CCNC2. The molecule has 2 atom stereocenters. The summed E-state index contributed by atoms with van der Waals surface area (Å²) in [4.78, 5) is 0. The van der Waals surface area contributed by atoms with Gasteiger partial charge in [-0.15, -0.1) is 0 Å². The maximum absolute atomic E-state index is 6.12. The van der Waals surface area contributed by atoms with E-state index < -0.39 is 0 Å². The zero-order chi connectivity index (χ0) is 11.3. The zero-order valence-electron chi connectivity index (χ0n) is 9.11.